The van der Waals surface area contributed by atoms with E-state index in [9.17, 15) is 5.11 Å². The highest BCUT2D eigenvalue weighted by Crippen LogP contribution is 2.31. The van der Waals surface area contributed by atoms with Gasteiger partial charge in [-0.3, -0.25) is 0 Å². The molecule has 1 N–H and O–H groups in total. The second-order valence-electron chi connectivity index (χ2n) is 2.99. The molecular weight excluding hydrogens is 218 g/mol. The van der Waals surface area contributed by atoms with E-state index in [4.69, 9.17) is 0 Å². The van der Waals surface area contributed by atoms with Crippen molar-refractivity contribution in [3.8, 4) is 5.75 Å². The predicted octanol–water partition coefficient (Wildman–Crippen LogP) is 2.53. The molecule has 12 heavy (non-hydrogen) atoms. The zero-order chi connectivity index (χ0) is 9.30. The van der Waals surface area contributed by atoms with Gasteiger partial charge in [0.1, 0.15) is 5.75 Å². The Morgan fingerprint density at radius 2 is 1.92 bits per heavy atom. The second-order valence-corrected chi connectivity index (χ2v) is 3.78. The average molecular weight is 230 g/mol. The SMILES string of the molecule is Cc1cc(N(C)C)cc(O)c1Br. The average Bonchev–Trinajstić information content (AvgIpc) is 1.99. The summed E-state index contributed by atoms with van der Waals surface area (Å²) in [7, 11) is 3.89. The third kappa shape index (κ3) is 1.72. The first kappa shape index (κ1) is 9.39. The molecule has 0 amide bonds. The predicted molar refractivity (Wildman–Crippen MR) is 54.9 cm³/mol. The van der Waals surface area contributed by atoms with Crippen molar-refractivity contribution >= 4 is 21.6 Å². The fourth-order valence-corrected chi connectivity index (χ4v) is 1.22. The van der Waals surface area contributed by atoms with Crippen LogP contribution in [0.4, 0.5) is 5.69 Å². The molecule has 1 rings (SSSR count). The Balaban J connectivity index is 3.21. The van der Waals surface area contributed by atoms with Gasteiger partial charge in [0.25, 0.3) is 0 Å². The number of phenolic OH excluding ortho intramolecular Hbond substituents is 1. The summed E-state index contributed by atoms with van der Waals surface area (Å²) in [5.41, 5.74) is 2.05. The third-order valence-electron chi connectivity index (χ3n) is 1.74. The number of anilines is 1. The number of aromatic hydroxyl groups is 1. The number of rotatable bonds is 1. The van der Waals surface area contributed by atoms with Crippen LogP contribution in [0.3, 0.4) is 0 Å². The molecule has 3 heteroatoms. The van der Waals surface area contributed by atoms with E-state index < -0.39 is 0 Å². The zero-order valence-electron chi connectivity index (χ0n) is 7.43. The molecule has 0 aliphatic heterocycles. The van der Waals surface area contributed by atoms with Gasteiger partial charge in [-0.1, -0.05) is 0 Å². The fraction of sp³-hybridized carbons (Fsp3) is 0.333. The fourth-order valence-electron chi connectivity index (χ4n) is 0.991. The van der Waals surface area contributed by atoms with Gasteiger partial charge >= 0.3 is 0 Å². The Labute approximate surface area is 80.9 Å². The first-order valence-electron chi connectivity index (χ1n) is 3.69. The largest absolute Gasteiger partial charge is 0.507 e. The molecule has 0 atom stereocenters. The topological polar surface area (TPSA) is 23.5 Å². The van der Waals surface area contributed by atoms with Crippen molar-refractivity contribution in [1.29, 1.82) is 0 Å². The van der Waals surface area contributed by atoms with Crippen LogP contribution in [0.25, 0.3) is 0 Å². The monoisotopic (exact) mass is 229 g/mol. The van der Waals surface area contributed by atoms with E-state index in [0.29, 0.717) is 5.75 Å². The minimum absolute atomic E-state index is 0.290. The molecule has 0 bridgehead atoms. The Morgan fingerprint density at radius 1 is 1.33 bits per heavy atom. The van der Waals surface area contributed by atoms with E-state index in [1.165, 1.54) is 0 Å². The highest BCUT2D eigenvalue weighted by Gasteiger charge is 2.04. The third-order valence-corrected chi connectivity index (χ3v) is 2.77. The van der Waals surface area contributed by atoms with Crippen molar-refractivity contribution in [1.82, 2.24) is 0 Å². The van der Waals surface area contributed by atoms with Gasteiger partial charge in [-0.15, -0.1) is 0 Å². The minimum Gasteiger partial charge on any atom is -0.507 e. The summed E-state index contributed by atoms with van der Waals surface area (Å²) in [4.78, 5) is 1.96. The number of phenols is 1. The number of hydrogen-bond donors (Lipinski definition) is 1. The molecule has 0 spiro atoms. The number of benzene rings is 1. The van der Waals surface area contributed by atoms with Gasteiger partial charge < -0.3 is 10.0 Å². The molecule has 0 aromatic heterocycles. The van der Waals surface area contributed by atoms with Gasteiger partial charge in [-0.25, -0.2) is 0 Å². The van der Waals surface area contributed by atoms with E-state index in [2.05, 4.69) is 15.9 Å². The lowest BCUT2D eigenvalue weighted by Gasteiger charge is -2.14. The molecule has 1 aromatic rings. The number of aryl methyl sites for hydroxylation is 1. The normalized spacial score (nSPS) is 10.0. The highest BCUT2D eigenvalue weighted by molar-refractivity contribution is 9.10. The van der Waals surface area contributed by atoms with Crippen LogP contribution in [-0.4, -0.2) is 19.2 Å². The van der Waals surface area contributed by atoms with Crippen molar-refractivity contribution in [2.75, 3.05) is 19.0 Å². The van der Waals surface area contributed by atoms with E-state index in [0.717, 1.165) is 15.7 Å². The Hall–Kier alpha value is -0.700. The summed E-state index contributed by atoms with van der Waals surface area (Å²) in [6.07, 6.45) is 0. The van der Waals surface area contributed by atoms with E-state index in [1.54, 1.807) is 6.07 Å². The molecule has 66 valence electrons. The van der Waals surface area contributed by atoms with Gasteiger partial charge in [-0.2, -0.15) is 0 Å². The van der Waals surface area contributed by atoms with Gasteiger partial charge in [-0.05, 0) is 34.5 Å². The summed E-state index contributed by atoms with van der Waals surface area (Å²) in [6, 6.07) is 3.75. The molecule has 0 fully saturated rings. The lowest BCUT2D eigenvalue weighted by atomic mass is 10.2. The summed E-state index contributed by atoms with van der Waals surface area (Å²) in [6.45, 7) is 1.96. The van der Waals surface area contributed by atoms with Crippen molar-refractivity contribution in [2.24, 2.45) is 0 Å². The molecule has 0 aliphatic rings. The van der Waals surface area contributed by atoms with Crippen LogP contribution in [0.15, 0.2) is 16.6 Å². The molecular formula is C9H12BrNO. The van der Waals surface area contributed by atoms with Crippen LogP contribution in [0.5, 0.6) is 5.75 Å². The van der Waals surface area contributed by atoms with Crippen LogP contribution in [0.2, 0.25) is 0 Å². The highest BCUT2D eigenvalue weighted by atomic mass is 79.9. The quantitative estimate of drug-likeness (QED) is 0.801. The van der Waals surface area contributed by atoms with Crippen LogP contribution >= 0.6 is 15.9 Å². The summed E-state index contributed by atoms with van der Waals surface area (Å²) in [5, 5.41) is 9.46. The van der Waals surface area contributed by atoms with E-state index in [1.807, 2.05) is 32.0 Å². The van der Waals surface area contributed by atoms with Gasteiger partial charge in [0.05, 0.1) is 4.47 Å². The number of halogens is 1. The first-order chi connectivity index (χ1) is 5.52. The van der Waals surface area contributed by atoms with Gasteiger partial charge in [0.2, 0.25) is 0 Å². The maximum atomic E-state index is 9.46. The summed E-state index contributed by atoms with van der Waals surface area (Å²) in [5.74, 6) is 0.290. The minimum atomic E-state index is 0.290. The summed E-state index contributed by atoms with van der Waals surface area (Å²) >= 11 is 3.29. The lowest BCUT2D eigenvalue weighted by molar-refractivity contribution is 0.471. The molecule has 0 saturated heterocycles. The lowest BCUT2D eigenvalue weighted by Crippen LogP contribution is -2.08. The van der Waals surface area contributed by atoms with Crippen molar-refractivity contribution < 1.29 is 5.11 Å². The second kappa shape index (κ2) is 3.35. The summed E-state index contributed by atoms with van der Waals surface area (Å²) < 4.78 is 0.771. The van der Waals surface area contributed by atoms with Crippen LogP contribution < -0.4 is 4.90 Å². The van der Waals surface area contributed by atoms with E-state index >= 15 is 0 Å². The van der Waals surface area contributed by atoms with Crippen LogP contribution in [0.1, 0.15) is 5.56 Å². The van der Waals surface area contributed by atoms with E-state index in [-0.39, 0.29) is 0 Å². The molecule has 0 unspecified atom stereocenters. The molecule has 0 radical (unpaired) electrons. The zero-order valence-corrected chi connectivity index (χ0v) is 9.01. The van der Waals surface area contributed by atoms with Gasteiger partial charge in [0, 0.05) is 25.8 Å². The van der Waals surface area contributed by atoms with Crippen molar-refractivity contribution in [2.45, 2.75) is 6.92 Å². The van der Waals surface area contributed by atoms with Gasteiger partial charge in [0.15, 0.2) is 0 Å². The molecule has 0 saturated carbocycles. The van der Waals surface area contributed by atoms with Crippen molar-refractivity contribution in [3.05, 3.63) is 22.2 Å². The van der Waals surface area contributed by atoms with Crippen molar-refractivity contribution in [3.63, 3.8) is 0 Å². The first-order valence-corrected chi connectivity index (χ1v) is 4.48. The standard InChI is InChI=1S/C9H12BrNO/c1-6-4-7(11(2)3)5-8(12)9(6)10/h4-5,12H,1-3H3. The van der Waals surface area contributed by atoms with Crippen LogP contribution in [0, 0.1) is 6.92 Å². The smallest absolute Gasteiger partial charge is 0.132 e. The van der Waals surface area contributed by atoms with Crippen LogP contribution in [-0.2, 0) is 0 Å². The Morgan fingerprint density at radius 3 is 2.33 bits per heavy atom. The maximum absolute atomic E-state index is 9.46. The number of nitrogens with zero attached hydrogens (tertiary/aromatic N) is 1. The molecule has 0 heterocycles. The molecule has 1 aromatic carbocycles. The molecule has 0 aliphatic carbocycles. The number of hydrogen-bond acceptors (Lipinski definition) is 2. The Kier molecular flexibility index (Phi) is 2.62. The Bertz CT molecular complexity index is 274. The maximum Gasteiger partial charge on any atom is 0.132 e. The molecule has 2 nitrogen and oxygen atoms in total.